The predicted octanol–water partition coefficient (Wildman–Crippen LogP) is 4.10. The number of nitrogens with zero attached hydrogens (tertiary/aromatic N) is 1. The number of piperidine rings is 1. The van der Waals surface area contributed by atoms with E-state index in [1.807, 2.05) is 48.5 Å². The van der Waals surface area contributed by atoms with Gasteiger partial charge in [-0.05, 0) is 49.3 Å². The average Bonchev–Trinajstić information content (AvgIpc) is 2.94. The summed E-state index contributed by atoms with van der Waals surface area (Å²) in [4.78, 5) is 26.4. The SMILES string of the molecule is O=C(N[C@@H]1CCCC[C@H]1NC(=O)[C@H]1CCCN(S(=O)(=O)c2cccc3ccccc23)C1)c1ccccc1. The predicted molar refractivity (Wildman–Crippen MR) is 144 cm³/mol. The van der Waals surface area contributed by atoms with Gasteiger partial charge in [0.2, 0.25) is 15.9 Å². The fourth-order valence-corrected chi connectivity index (χ4v) is 7.29. The van der Waals surface area contributed by atoms with Crippen LogP contribution in [0.2, 0.25) is 0 Å². The number of fused-ring (bicyclic) bond motifs is 1. The molecular formula is C29H33N3O4S. The van der Waals surface area contributed by atoms with Crippen molar-refractivity contribution in [1.29, 1.82) is 0 Å². The Morgan fingerprint density at radius 1 is 0.757 bits per heavy atom. The van der Waals surface area contributed by atoms with Crippen LogP contribution in [0.25, 0.3) is 10.8 Å². The Hall–Kier alpha value is -3.23. The molecule has 37 heavy (non-hydrogen) atoms. The van der Waals surface area contributed by atoms with Crippen LogP contribution in [-0.2, 0) is 14.8 Å². The number of nitrogens with one attached hydrogen (secondary N) is 2. The molecule has 1 aliphatic heterocycles. The molecule has 5 rings (SSSR count). The van der Waals surface area contributed by atoms with Crippen LogP contribution in [0.5, 0.6) is 0 Å². The van der Waals surface area contributed by atoms with Gasteiger partial charge in [0.05, 0.1) is 10.8 Å². The van der Waals surface area contributed by atoms with E-state index in [9.17, 15) is 18.0 Å². The summed E-state index contributed by atoms with van der Waals surface area (Å²) in [6.45, 7) is 0.555. The Balaban J connectivity index is 1.27. The Labute approximate surface area is 218 Å². The lowest BCUT2D eigenvalue weighted by Crippen LogP contribution is -2.55. The lowest BCUT2D eigenvalue weighted by atomic mass is 9.89. The highest BCUT2D eigenvalue weighted by atomic mass is 32.2. The molecular weight excluding hydrogens is 486 g/mol. The minimum absolute atomic E-state index is 0.135. The molecule has 2 N–H and O–H groups in total. The first kappa shape index (κ1) is 25.4. The van der Waals surface area contributed by atoms with Crippen molar-refractivity contribution < 1.29 is 18.0 Å². The van der Waals surface area contributed by atoms with E-state index < -0.39 is 15.9 Å². The standard InChI is InChI=1S/C29H33N3O4S/c33-28(22-11-2-1-3-12-22)30-25-16-6-7-17-26(25)31-29(34)23-14-9-19-32(20-23)37(35,36)27-18-8-13-21-10-4-5-15-24(21)27/h1-5,8,10-13,15,18,23,25-26H,6-7,9,14,16-17,19-20H2,(H,30,33)(H,31,34)/t23-,25+,26+/m0/s1. The van der Waals surface area contributed by atoms with Gasteiger partial charge in [0.15, 0.2) is 0 Å². The maximum Gasteiger partial charge on any atom is 0.251 e. The Morgan fingerprint density at radius 2 is 1.43 bits per heavy atom. The summed E-state index contributed by atoms with van der Waals surface area (Å²) >= 11 is 0. The van der Waals surface area contributed by atoms with Crippen molar-refractivity contribution in [1.82, 2.24) is 14.9 Å². The highest BCUT2D eigenvalue weighted by molar-refractivity contribution is 7.89. The number of rotatable bonds is 6. The fraction of sp³-hybridized carbons (Fsp3) is 0.379. The molecule has 3 aromatic carbocycles. The van der Waals surface area contributed by atoms with Crippen molar-refractivity contribution in [2.24, 2.45) is 5.92 Å². The van der Waals surface area contributed by atoms with Crippen LogP contribution in [0.4, 0.5) is 0 Å². The van der Waals surface area contributed by atoms with E-state index in [1.54, 1.807) is 24.3 Å². The van der Waals surface area contributed by atoms with Crippen molar-refractivity contribution in [2.75, 3.05) is 13.1 Å². The molecule has 194 valence electrons. The zero-order valence-corrected chi connectivity index (χ0v) is 21.6. The quantitative estimate of drug-likeness (QED) is 0.513. The Kier molecular flexibility index (Phi) is 7.58. The van der Waals surface area contributed by atoms with Crippen molar-refractivity contribution in [3.63, 3.8) is 0 Å². The normalized spacial score (nSPS) is 22.9. The molecule has 8 heteroatoms. The van der Waals surface area contributed by atoms with E-state index >= 15 is 0 Å². The molecule has 1 aliphatic carbocycles. The van der Waals surface area contributed by atoms with E-state index in [4.69, 9.17) is 0 Å². The van der Waals surface area contributed by atoms with Crippen LogP contribution in [0.3, 0.4) is 0 Å². The largest absolute Gasteiger partial charge is 0.351 e. The number of hydrogen-bond acceptors (Lipinski definition) is 4. The Morgan fingerprint density at radius 3 is 2.22 bits per heavy atom. The number of carbonyl (C=O) groups is 2. The summed E-state index contributed by atoms with van der Waals surface area (Å²) < 4.78 is 28.7. The second-order valence-corrected chi connectivity index (χ2v) is 11.9. The summed E-state index contributed by atoms with van der Waals surface area (Å²) in [5.41, 5.74) is 0.597. The summed E-state index contributed by atoms with van der Waals surface area (Å²) in [5.74, 6) is -0.702. The molecule has 0 unspecified atom stereocenters. The lowest BCUT2D eigenvalue weighted by molar-refractivity contribution is -0.127. The van der Waals surface area contributed by atoms with Crippen LogP contribution in [0, 0.1) is 5.92 Å². The van der Waals surface area contributed by atoms with Gasteiger partial charge >= 0.3 is 0 Å². The number of sulfonamides is 1. The van der Waals surface area contributed by atoms with E-state index in [2.05, 4.69) is 10.6 Å². The molecule has 2 fully saturated rings. The van der Waals surface area contributed by atoms with Gasteiger partial charge in [-0.1, -0.05) is 67.4 Å². The van der Waals surface area contributed by atoms with Crippen LogP contribution < -0.4 is 10.6 Å². The van der Waals surface area contributed by atoms with Gasteiger partial charge in [0.1, 0.15) is 0 Å². The van der Waals surface area contributed by atoms with E-state index in [0.29, 0.717) is 30.3 Å². The second kappa shape index (κ2) is 11.0. The van der Waals surface area contributed by atoms with Gasteiger partial charge in [-0.25, -0.2) is 8.42 Å². The smallest absolute Gasteiger partial charge is 0.251 e. The highest BCUT2D eigenvalue weighted by Crippen LogP contribution is 2.29. The van der Waals surface area contributed by atoms with E-state index in [-0.39, 0.29) is 35.3 Å². The second-order valence-electron chi connectivity index (χ2n) is 10.0. The van der Waals surface area contributed by atoms with E-state index in [1.165, 1.54) is 4.31 Å². The van der Waals surface area contributed by atoms with Gasteiger partial charge in [0, 0.05) is 36.1 Å². The third kappa shape index (κ3) is 5.55. The van der Waals surface area contributed by atoms with Gasteiger partial charge < -0.3 is 10.6 Å². The number of hydrogen-bond donors (Lipinski definition) is 2. The highest BCUT2D eigenvalue weighted by Gasteiger charge is 2.36. The van der Waals surface area contributed by atoms with Gasteiger partial charge in [-0.2, -0.15) is 4.31 Å². The van der Waals surface area contributed by atoms with Crippen molar-refractivity contribution in [2.45, 2.75) is 55.5 Å². The van der Waals surface area contributed by atoms with Crippen LogP contribution >= 0.6 is 0 Å². The zero-order chi connectivity index (χ0) is 25.8. The first-order valence-electron chi connectivity index (χ1n) is 13.1. The maximum absolute atomic E-state index is 13.6. The van der Waals surface area contributed by atoms with E-state index in [0.717, 1.165) is 31.1 Å². The fourth-order valence-electron chi connectivity index (χ4n) is 5.55. The number of benzene rings is 3. The van der Waals surface area contributed by atoms with Crippen molar-refractivity contribution in [3.8, 4) is 0 Å². The third-order valence-electron chi connectivity index (χ3n) is 7.57. The van der Waals surface area contributed by atoms with Gasteiger partial charge in [-0.15, -0.1) is 0 Å². The van der Waals surface area contributed by atoms with Crippen molar-refractivity contribution >= 4 is 32.6 Å². The summed E-state index contributed by atoms with van der Waals surface area (Å²) in [7, 11) is -3.75. The molecule has 1 saturated carbocycles. The lowest BCUT2D eigenvalue weighted by Gasteiger charge is -2.36. The van der Waals surface area contributed by atoms with Crippen LogP contribution in [0.1, 0.15) is 48.9 Å². The number of amides is 2. The van der Waals surface area contributed by atoms with Crippen LogP contribution in [0.15, 0.2) is 77.7 Å². The maximum atomic E-state index is 13.6. The molecule has 0 bridgehead atoms. The summed E-state index contributed by atoms with van der Waals surface area (Å²) in [5, 5.41) is 7.83. The summed E-state index contributed by atoms with van der Waals surface area (Å²) in [6, 6.07) is 21.5. The van der Waals surface area contributed by atoms with Crippen molar-refractivity contribution in [3.05, 3.63) is 78.4 Å². The monoisotopic (exact) mass is 519 g/mol. The zero-order valence-electron chi connectivity index (χ0n) is 20.8. The minimum atomic E-state index is -3.75. The molecule has 2 aliphatic rings. The first-order chi connectivity index (χ1) is 17.9. The molecule has 0 spiro atoms. The molecule has 3 atom stereocenters. The molecule has 1 saturated heterocycles. The molecule has 0 aromatic heterocycles. The Bertz CT molecular complexity index is 1370. The molecule has 1 heterocycles. The van der Waals surface area contributed by atoms with Gasteiger partial charge in [0.25, 0.3) is 5.91 Å². The summed E-state index contributed by atoms with van der Waals surface area (Å²) in [6.07, 6.45) is 4.83. The first-order valence-corrected chi connectivity index (χ1v) is 14.5. The molecule has 7 nitrogen and oxygen atoms in total. The average molecular weight is 520 g/mol. The number of carbonyl (C=O) groups excluding carboxylic acids is 2. The topological polar surface area (TPSA) is 95.6 Å². The molecule has 0 radical (unpaired) electrons. The van der Waals surface area contributed by atoms with Crippen LogP contribution in [-0.4, -0.2) is 49.7 Å². The molecule has 2 amide bonds. The third-order valence-corrected chi connectivity index (χ3v) is 9.49. The molecule has 3 aromatic rings. The van der Waals surface area contributed by atoms with Gasteiger partial charge in [-0.3, -0.25) is 9.59 Å². The minimum Gasteiger partial charge on any atom is -0.351 e.